The van der Waals surface area contributed by atoms with Crippen molar-refractivity contribution in [3.05, 3.63) is 168 Å². The molecule has 4 N–H and O–H groups in total. The number of anilines is 5. The third-order valence-corrected chi connectivity index (χ3v) is 10.5. The van der Waals surface area contributed by atoms with Gasteiger partial charge in [-0.3, -0.25) is 0 Å². The maximum atomic E-state index is 7.25. The molecule has 3 nitrogen and oxygen atoms in total. The molecule has 0 unspecified atom stereocenters. The molecule has 0 saturated carbocycles. The lowest BCUT2D eigenvalue weighted by molar-refractivity contribution is 0.590. The summed E-state index contributed by atoms with van der Waals surface area (Å²) in [5, 5.41) is 2.40. The molecule has 0 spiro atoms. The van der Waals surface area contributed by atoms with Gasteiger partial charge in [-0.15, -0.1) is 0 Å². The molecule has 0 saturated heterocycles. The quantitative estimate of drug-likeness (QED) is 0.129. The SMILES string of the molecule is Cc1ccc(B(c2ccc(N(c3ccc(C(C)(C)C)cc3)c3ccc4ccccc4c3-c3ccccc3)cc2N)c2cc(C(C)(C)C)ccc2N)cc1. The van der Waals surface area contributed by atoms with Crippen LogP contribution in [0.2, 0.25) is 0 Å². The van der Waals surface area contributed by atoms with E-state index in [1.165, 1.54) is 33.0 Å². The number of nitrogens with zero attached hydrogens (tertiary/aromatic N) is 1. The summed E-state index contributed by atoms with van der Waals surface area (Å²) < 4.78 is 0. The van der Waals surface area contributed by atoms with Gasteiger partial charge in [-0.25, -0.2) is 0 Å². The van der Waals surface area contributed by atoms with Crippen molar-refractivity contribution in [1.82, 2.24) is 0 Å². The summed E-state index contributed by atoms with van der Waals surface area (Å²) in [5.74, 6) is 0. The van der Waals surface area contributed by atoms with Crippen molar-refractivity contribution in [3.8, 4) is 11.1 Å². The molecular formula is C49H50BN3. The Morgan fingerprint density at radius 1 is 0.509 bits per heavy atom. The predicted octanol–water partition coefficient (Wildman–Crippen LogP) is 10.6. The van der Waals surface area contributed by atoms with Gasteiger partial charge in [0, 0.05) is 28.3 Å². The number of hydrogen-bond donors (Lipinski definition) is 2. The van der Waals surface area contributed by atoms with Crippen molar-refractivity contribution >= 4 is 62.3 Å². The van der Waals surface area contributed by atoms with Crippen LogP contribution in [0.1, 0.15) is 58.2 Å². The fourth-order valence-corrected chi connectivity index (χ4v) is 7.43. The minimum atomic E-state index is -0.146. The lowest BCUT2D eigenvalue weighted by Crippen LogP contribution is -2.53. The number of nitrogens with two attached hydrogens (primary N) is 2. The van der Waals surface area contributed by atoms with Gasteiger partial charge in [0.1, 0.15) is 0 Å². The number of hydrogen-bond acceptors (Lipinski definition) is 3. The van der Waals surface area contributed by atoms with Crippen LogP contribution in [0.15, 0.2) is 152 Å². The second kappa shape index (κ2) is 14.0. The first-order chi connectivity index (χ1) is 25.3. The molecule has 4 heteroatoms. The zero-order valence-corrected chi connectivity index (χ0v) is 32.1. The van der Waals surface area contributed by atoms with Crippen molar-refractivity contribution in [2.75, 3.05) is 16.4 Å². The summed E-state index contributed by atoms with van der Waals surface area (Å²) in [4.78, 5) is 2.36. The Kier molecular flexibility index (Phi) is 9.42. The van der Waals surface area contributed by atoms with Gasteiger partial charge in [-0.1, -0.05) is 168 Å². The summed E-state index contributed by atoms with van der Waals surface area (Å²) in [6.45, 7) is 15.5. The molecule has 0 atom stereocenters. The van der Waals surface area contributed by atoms with Gasteiger partial charge in [-0.2, -0.15) is 0 Å². The Morgan fingerprint density at radius 2 is 1.13 bits per heavy atom. The average Bonchev–Trinajstić information content (AvgIpc) is 3.13. The van der Waals surface area contributed by atoms with Crippen LogP contribution in [0.5, 0.6) is 0 Å². The first kappa shape index (κ1) is 35.7. The van der Waals surface area contributed by atoms with Crippen LogP contribution in [0, 0.1) is 6.92 Å². The van der Waals surface area contributed by atoms with E-state index >= 15 is 0 Å². The standard InChI is InChI=1S/C49H50BN3/c1-33-17-23-38(24-18-33)50(43-31-37(49(5,6)7)22-29-44(43)51)42-28-27-40(32-45(42)52)53(39-25-20-36(21-26-39)48(2,3)4)46-30-19-34-13-11-12-16-41(34)47(46)35-14-9-8-10-15-35/h8-32H,51-52H2,1-7H3. The number of fused-ring (bicyclic) bond motifs is 1. The molecule has 0 aliphatic carbocycles. The van der Waals surface area contributed by atoms with E-state index in [0.29, 0.717) is 5.69 Å². The highest BCUT2D eigenvalue weighted by molar-refractivity contribution is 6.97. The van der Waals surface area contributed by atoms with Gasteiger partial charge < -0.3 is 16.4 Å². The summed E-state index contributed by atoms with van der Waals surface area (Å²) in [6, 6.07) is 54.6. The van der Waals surface area contributed by atoms with Crippen LogP contribution >= 0.6 is 0 Å². The third kappa shape index (κ3) is 7.19. The lowest BCUT2D eigenvalue weighted by Gasteiger charge is -2.30. The highest BCUT2D eigenvalue weighted by Gasteiger charge is 2.29. The van der Waals surface area contributed by atoms with E-state index in [2.05, 4.69) is 205 Å². The summed E-state index contributed by atoms with van der Waals surface area (Å²) in [5.41, 5.74) is 28.0. The zero-order valence-electron chi connectivity index (χ0n) is 32.1. The maximum absolute atomic E-state index is 7.25. The van der Waals surface area contributed by atoms with E-state index in [9.17, 15) is 0 Å². The Balaban J connectivity index is 1.45. The Hall–Kier alpha value is -5.74. The first-order valence-electron chi connectivity index (χ1n) is 18.6. The van der Waals surface area contributed by atoms with E-state index in [0.717, 1.165) is 44.7 Å². The number of rotatable bonds is 7. The molecule has 7 rings (SSSR count). The minimum Gasteiger partial charge on any atom is -0.399 e. The highest BCUT2D eigenvalue weighted by atomic mass is 15.1. The summed E-state index contributed by atoms with van der Waals surface area (Å²) >= 11 is 0. The van der Waals surface area contributed by atoms with Crippen LogP contribution < -0.4 is 32.8 Å². The maximum Gasteiger partial charge on any atom is 0.246 e. The molecule has 0 aromatic heterocycles. The largest absolute Gasteiger partial charge is 0.399 e. The molecule has 0 radical (unpaired) electrons. The monoisotopic (exact) mass is 691 g/mol. The topological polar surface area (TPSA) is 55.3 Å². The first-order valence-corrected chi connectivity index (χ1v) is 18.6. The van der Waals surface area contributed by atoms with Crippen molar-refractivity contribution in [2.24, 2.45) is 0 Å². The van der Waals surface area contributed by atoms with E-state index in [1.807, 2.05) is 0 Å². The Bertz CT molecular complexity index is 2380. The van der Waals surface area contributed by atoms with Gasteiger partial charge >= 0.3 is 0 Å². The average molecular weight is 692 g/mol. The number of aryl methyl sites for hydroxylation is 1. The van der Waals surface area contributed by atoms with Crippen LogP contribution in [-0.4, -0.2) is 6.71 Å². The van der Waals surface area contributed by atoms with Crippen molar-refractivity contribution in [2.45, 2.75) is 59.3 Å². The lowest BCUT2D eigenvalue weighted by atomic mass is 9.36. The summed E-state index contributed by atoms with van der Waals surface area (Å²) in [7, 11) is 0. The van der Waals surface area contributed by atoms with Gasteiger partial charge in [0.05, 0.1) is 5.69 Å². The Morgan fingerprint density at radius 3 is 1.79 bits per heavy atom. The molecule has 0 heterocycles. The van der Waals surface area contributed by atoms with Gasteiger partial charge in [0.25, 0.3) is 0 Å². The van der Waals surface area contributed by atoms with Crippen LogP contribution in [0.3, 0.4) is 0 Å². The van der Waals surface area contributed by atoms with E-state index < -0.39 is 0 Å². The fourth-order valence-electron chi connectivity index (χ4n) is 7.43. The molecule has 0 amide bonds. The predicted molar refractivity (Wildman–Crippen MR) is 233 cm³/mol. The highest BCUT2D eigenvalue weighted by Crippen LogP contribution is 2.44. The molecule has 7 aromatic carbocycles. The van der Waals surface area contributed by atoms with E-state index in [4.69, 9.17) is 11.5 Å². The second-order valence-corrected chi connectivity index (χ2v) is 16.4. The molecular weight excluding hydrogens is 641 g/mol. The molecule has 264 valence electrons. The molecule has 0 aliphatic rings. The second-order valence-electron chi connectivity index (χ2n) is 16.4. The van der Waals surface area contributed by atoms with E-state index in [-0.39, 0.29) is 17.5 Å². The molecule has 53 heavy (non-hydrogen) atoms. The molecule has 0 aliphatic heterocycles. The van der Waals surface area contributed by atoms with Crippen LogP contribution in [0.25, 0.3) is 21.9 Å². The normalized spacial score (nSPS) is 11.8. The van der Waals surface area contributed by atoms with Crippen LogP contribution in [-0.2, 0) is 10.8 Å². The number of benzene rings is 7. The fraction of sp³-hybridized carbons (Fsp3) is 0.184. The molecule has 0 fully saturated rings. The minimum absolute atomic E-state index is 0.0325. The third-order valence-electron chi connectivity index (χ3n) is 10.5. The Labute approximate surface area is 316 Å². The molecule has 7 aromatic rings. The van der Waals surface area contributed by atoms with Crippen molar-refractivity contribution in [3.63, 3.8) is 0 Å². The zero-order chi connectivity index (χ0) is 37.5. The van der Waals surface area contributed by atoms with Crippen molar-refractivity contribution in [1.29, 1.82) is 0 Å². The van der Waals surface area contributed by atoms with Gasteiger partial charge in [0.15, 0.2) is 0 Å². The van der Waals surface area contributed by atoms with Crippen LogP contribution in [0.4, 0.5) is 28.4 Å². The number of nitrogen functional groups attached to an aromatic ring is 2. The van der Waals surface area contributed by atoms with E-state index in [1.54, 1.807) is 0 Å². The van der Waals surface area contributed by atoms with Gasteiger partial charge in [0.2, 0.25) is 6.71 Å². The van der Waals surface area contributed by atoms with Crippen molar-refractivity contribution < 1.29 is 0 Å². The summed E-state index contributed by atoms with van der Waals surface area (Å²) in [6.07, 6.45) is 0. The van der Waals surface area contributed by atoms with Gasteiger partial charge in [-0.05, 0) is 92.5 Å². The smallest absolute Gasteiger partial charge is 0.246 e. The molecule has 0 bridgehead atoms.